The Morgan fingerprint density at radius 1 is 1.50 bits per heavy atom. The lowest BCUT2D eigenvalue weighted by atomic mass is 9.91. The van der Waals surface area contributed by atoms with E-state index in [1.807, 2.05) is 13.8 Å². The maximum atomic E-state index is 12.6. The van der Waals surface area contributed by atoms with Gasteiger partial charge in [-0.05, 0) is 39.8 Å². The lowest BCUT2D eigenvalue weighted by Crippen LogP contribution is -2.33. The molecule has 2 rings (SSSR count). The van der Waals surface area contributed by atoms with Gasteiger partial charge in [-0.1, -0.05) is 0 Å². The average molecular weight is 251 g/mol. The van der Waals surface area contributed by atoms with Gasteiger partial charge in [0.1, 0.15) is 5.69 Å². The number of ether oxygens (including phenoxy) is 1. The van der Waals surface area contributed by atoms with Gasteiger partial charge >= 0.3 is 0 Å². The van der Waals surface area contributed by atoms with Gasteiger partial charge in [0.15, 0.2) is 11.5 Å². The summed E-state index contributed by atoms with van der Waals surface area (Å²) in [5, 5.41) is 7.53. The third kappa shape index (κ3) is 2.41. The molecule has 0 aromatic carbocycles. The summed E-state index contributed by atoms with van der Waals surface area (Å²) < 4.78 is 7.04. The Labute approximate surface area is 108 Å². The molecule has 0 unspecified atom stereocenters. The summed E-state index contributed by atoms with van der Waals surface area (Å²) in [5.74, 6) is 0.848. The highest BCUT2D eigenvalue weighted by atomic mass is 16.5. The van der Waals surface area contributed by atoms with Crippen molar-refractivity contribution >= 4 is 5.78 Å². The number of methoxy groups -OCH3 is 1. The topological polar surface area (TPSA) is 56.2 Å². The molecule has 0 radical (unpaired) electrons. The summed E-state index contributed by atoms with van der Waals surface area (Å²) in [4.78, 5) is 12.6. The number of nitrogens with one attached hydrogen (secondary N) is 1. The van der Waals surface area contributed by atoms with Gasteiger partial charge in [0.25, 0.3) is 0 Å². The monoisotopic (exact) mass is 251 g/mol. The lowest BCUT2D eigenvalue weighted by Gasteiger charge is -2.22. The molecule has 18 heavy (non-hydrogen) atoms. The number of hydrogen-bond acceptors (Lipinski definition) is 4. The third-order valence-electron chi connectivity index (χ3n) is 3.41. The zero-order valence-corrected chi connectivity index (χ0v) is 11.3. The molecule has 5 nitrogen and oxygen atoms in total. The zero-order chi connectivity index (χ0) is 13.1. The molecule has 2 heterocycles. The molecule has 1 aromatic heterocycles. The SMILES string of the molecule is COc1cnn(C(C)C)c1C(=O)C1CCNCC1. The van der Waals surface area contributed by atoms with E-state index in [-0.39, 0.29) is 17.7 Å². The molecule has 0 atom stereocenters. The largest absolute Gasteiger partial charge is 0.493 e. The van der Waals surface area contributed by atoms with Crippen LogP contribution in [0.1, 0.15) is 43.2 Å². The molecule has 0 aliphatic carbocycles. The summed E-state index contributed by atoms with van der Waals surface area (Å²) in [7, 11) is 1.58. The summed E-state index contributed by atoms with van der Waals surface area (Å²) in [6.07, 6.45) is 3.42. The molecule has 0 spiro atoms. The Hall–Kier alpha value is -1.36. The van der Waals surface area contributed by atoms with Crippen LogP contribution in [0.2, 0.25) is 0 Å². The van der Waals surface area contributed by atoms with Gasteiger partial charge in [-0.15, -0.1) is 0 Å². The first-order valence-corrected chi connectivity index (χ1v) is 6.51. The second-order valence-corrected chi connectivity index (χ2v) is 4.99. The van der Waals surface area contributed by atoms with Crippen LogP contribution in [-0.2, 0) is 0 Å². The van der Waals surface area contributed by atoms with Crippen molar-refractivity contribution in [3.63, 3.8) is 0 Å². The molecule has 1 N–H and O–H groups in total. The predicted molar refractivity (Wildman–Crippen MR) is 69.1 cm³/mol. The zero-order valence-electron chi connectivity index (χ0n) is 11.3. The fourth-order valence-corrected chi connectivity index (χ4v) is 2.40. The molecule has 1 fully saturated rings. The molecule has 1 saturated heterocycles. The Kier molecular flexibility index (Phi) is 4.01. The van der Waals surface area contributed by atoms with Crippen molar-refractivity contribution in [2.24, 2.45) is 5.92 Å². The van der Waals surface area contributed by atoms with E-state index in [1.54, 1.807) is 18.0 Å². The summed E-state index contributed by atoms with van der Waals surface area (Å²) in [6, 6.07) is 0.162. The van der Waals surface area contributed by atoms with Crippen LogP contribution in [0.5, 0.6) is 5.75 Å². The first kappa shape index (κ1) is 13.1. The standard InChI is InChI=1S/C13H21N3O2/c1-9(2)16-12(11(18-3)8-15-16)13(17)10-4-6-14-7-5-10/h8-10,14H,4-7H2,1-3H3. The van der Waals surface area contributed by atoms with Crippen molar-refractivity contribution < 1.29 is 9.53 Å². The molecule has 0 bridgehead atoms. The highest BCUT2D eigenvalue weighted by Crippen LogP contribution is 2.27. The molecular formula is C13H21N3O2. The minimum Gasteiger partial charge on any atom is -0.493 e. The van der Waals surface area contributed by atoms with Crippen LogP contribution < -0.4 is 10.1 Å². The first-order valence-electron chi connectivity index (χ1n) is 6.51. The highest BCUT2D eigenvalue weighted by Gasteiger charge is 2.28. The number of piperidine rings is 1. The number of hydrogen-bond donors (Lipinski definition) is 1. The Balaban J connectivity index is 2.29. The molecular weight excluding hydrogens is 230 g/mol. The van der Waals surface area contributed by atoms with E-state index in [9.17, 15) is 4.79 Å². The fraction of sp³-hybridized carbons (Fsp3) is 0.692. The number of aromatic nitrogens is 2. The van der Waals surface area contributed by atoms with Crippen molar-refractivity contribution in [3.8, 4) is 5.75 Å². The second kappa shape index (κ2) is 5.52. The van der Waals surface area contributed by atoms with E-state index in [2.05, 4.69) is 10.4 Å². The molecule has 1 aliphatic rings. The van der Waals surface area contributed by atoms with Crippen LogP contribution in [0.4, 0.5) is 0 Å². The number of carbonyl (C=O) groups is 1. The second-order valence-electron chi connectivity index (χ2n) is 4.99. The molecule has 100 valence electrons. The Morgan fingerprint density at radius 2 is 2.17 bits per heavy atom. The van der Waals surface area contributed by atoms with E-state index < -0.39 is 0 Å². The summed E-state index contributed by atoms with van der Waals surface area (Å²) in [6.45, 7) is 5.86. The summed E-state index contributed by atoms with van der Waals surface area (Å²) >= 11 is 0. The van der Waals surface area contributed by atoms with Gasteiger partial charge in [-0.3, -0.25) is 9.48 Å². The van der Waals surface area contributed by atoms with Gasteiger partial charge in [0.05, 0.1) is 13.3 Å². The Bertz CT molecular complexity index is 420. The van der Waals surface area contributed by atoms with Crippen LogP contribution in [0.15, 0.2) is 6.20 Å². The van der Waals surface area contributed by atoms with E-state index >= 15 is 0 Å². The van der Waals surface area contributed by atoms with Gasteiger partial charge in [0, 0.05) is 12.0 Å². The van der Waals surface area contributed by atoms with Gasteiger partial charge in [-0.2, -0.15) is 5.10 Å². The smallest absolute Gasteiger partial charge is 0.187 e. The predicted octanol–water partition coefficient (Wildman–Crippen LogP) is 1.65. The van der Waals surface area contributed by atoms with Crippen molar-refractivity contribution in [3.05, 3.63) is 11.9 Å². The number of nitrogens with zero attached hydrogens (tertiary/aromatic N) is 2. The van der Waals surface area contributed by atoms with Gasteiger partial charge < -0.3 is 10.1 Å². The molecule has 0 saturated carbocycles. The van der Waals surface area contributed by atoms with Crippen LogP contribution >= 0.6 is 0 Å². The van der Waals surface area contributed by atoms with Crippen molar-refractivity contribution in [1.29, 1.82) is 0 Å². The van der Waals surface area contributed by atoms with Crippen molar-refractivity contribution in [2.45, 2.75) is 32.7 Å². The Morgan fingerprint density at radius 3 is 2.72 bits per heavy atom. The highest BCUT2D eigenvalue weighted by molar-refractivity contribution is 5.98. The molecule has 5 heteroatoms. The third-order valence-corrected chi connectivity index (χ3v) is 3.41. The number of rotatable bonds is 4. The minimum absolute atomic E-state index is 0.0920. The minimum atomic E-state index is 0.0920. The van der Waals surface area contributed by atoms with Crippen LogP contribution in [0, 0.1) is 5.92 Å². The first-order chi connectivity index (χ1) is 8.65. The lowest BCUT2D eigenvalue weighted by molar-refractivity contribution is 0.0878. The van der Waals surface area contributed by atoms with Gasteiger partial charge in [0.2, 0.25) is 0 Å². The fourth-order valence-electron chi connectivity index (χ4n) is 2.40. The van der Waals surface area contributed by atoms with Crippen molar-refractivity contribution in [1.82, 2.24) is 15.1 Å². The molecule has 0 amide bonds. The summed E-state index contributed by atoms with van der Waals surface area (Å²) in [5.41, 5.74) is 0.624. The maximum absolute atomic E-state index is 12.6. The molecule has 1 aromatic rings. The van der Waals surface area contributed by atoms with Crippen molar-refractivity contribution in [2.75, 3.05) is 20.2 Å². The van der Waals surface area contributed by atoms with Crippen LogP contribution in [0.3, 0.4) is 0 Å². The number of carbonyl (C=O) groups excluding carboxylic acids is 1. The molecule has 1 aliphatic heterocycles. The number of Topliss-reactive ketones (excluding diaryl/α,β-unsaturated/α-hetero) is 1. The van der Waals surface area contributed by atoms with Crippen LogP contribution in [-0.4, -0.2) is 35.8 Å². The van der Waals surface area contributed by atoms with E-state index in [1.165, 1.54) is 0 Å². The maximum Gasteiger partial charge on any atom is 0.187 e. The van der Waals surface area contributed by atoms with E-state index in [4.69, 9.17) is 4.74 Å². The number of ketones is 1. The van der Waals surface area contributed by atoms with Crippen LogP contribution in [0.25, 0.3) is 0 Å². The van der Waals surface area contributed by atoms with E-state index in [0.717, 1.165) is 25.9 Å². The normalized spacial score (nSPS) is 17.1. The van der Waals surface area contributed by atoms with Gasteiger partial charge in [-0.25, -0.2) is 0 Å². The quantitative estimate of drug-likeness (QED) is 0.827. The van der Waals surface area contributed by atoms with E-state index in [0.29, 0.717) is 11.4 Å². The average Bonchev–Trinajstić information content (AvgIpc) is 2.82.